The Morgan fingerprint density at radius 2 is 2.05 bits per heavy atom. The molecule has 1 N–H and O–H groups in total. The van der Waals surface area contributed by atoms with Gasteiger partial charge in [-0.15, -0.1) is 0 Å². The second kappa shape index (κ2) is 7.04. The molecule has 0 aliphatic rings. The molecule has 0 aliphatic heterocycles. The van der Waals surface area contributed by atoms with E-state index in [0.29, 0.717) is 5.82 Å². The Morgan fingerprint density at radius 1 is 1.32 bits per heavy atom. The highest BCUT2D eigenvalue weighted by Crippen LogP contribution is 2.20. The van der Waals surface area contributed by atoms with Crippen molar-refractivity contribution in [2.24, 2.45) is 0 Å². The number of para-hydroxylation sites is 2. The minimum absolute atomic E-state index is 0.0262. The summed E-state index contributed by atoms with van der Waals surface area (Å²) in [4.78, 5) is 27.8. The van der Waals surface area contributed by atoms with Crippen molar-refractivity contribution in [1.82, 2.24) is 14.9 Å². The largest absolute Gasteiger partial charge is 0.468 e. The summed E-state index contributed by atoms with van der Waals surface area (Å²) >= 11 is 0. The van der Waals surface area contributed by atoms with Gasteiger partial charge in [-0.2, -0.15) is 0 Å². The number of carbonyl (C=O) groups excluding carboxylic acids is 2. The minimum Gasteiger partial charge on any atom is -0.468 e. The number of ether oxygens (including phenoxy) is 2. The molecule has 1 heterocycles. The van der Waals surface area contributed by atoms with Gasteiger partial charge in [-0.1, -0.05) is 12.1 Å². The summed E-state index contributed by atoms with van der Waals surface area (Å²) in [6, 6.07) is 7.11. The number of imidazole rings is 1. The van der Waals surface area contributed by atoms with Crippen molar-refractivity contribution >= 4 is 22.9 Å². The normalized spacial score (nSPS) is 12.1. The van der Waals surface area contributed by atoms with Crippen LogP contribution in [-0.4, -0.2) is 42.3 Å². The van der Waals surface area contributed by atoms with Crippen LogP contribution >= 0.6 is 0 Å². The molecule has 118 valence electrons. The fourth-order valence-electron chi connectivity index (χ4n) is 2.26. The number of esters is 1. The molecule has 2 rings (SSSR count). The molecule has 0 bridgehead atoms. The van der Waals surface area contributed by atoms with E-state index in [1.165, 1.54) is 14.2 Å². The van der Waals surface area contributed by atoms with Crippen LogP contribution in [0.4, 0.5) is 0 Å². The molecule has 1 atom stereocenters. The first kappa shape index (κ1) is 16.0. The molecule has 1 unspecified atom stereocenters. The van der Waals surface area contributed by atoms with Crippen LogP contribution in [0, 0.1) is 0 Å². The zero-order valence-corrected chi connectivity index (χ0v) is 12.8. The van der Waals surface area contributed by atoms with Gasteiger partial charge in [0.25, 0.3) is 0 Å². The summed E-state index contributed by atoms with van der Waals surface area (Å²) < 4.78 is 11.3. The quantitative estimate of drug-likeness (QED) is 0.806. The Labute approximate surface area is 128 Å². The molecule has 0 fully saturated rings. The van der Waals surface area contributed by atoms with E-state index in [4.69, 9.17) is 9.47 Å². The van der Waals surface area contributed by atoms with Gasteiger partial charge >= 0.3 is 5.97 Å². The van der Waals surface area contributed by atoms with Crippen LogP contribution in [0.3, 0.4) is 0 Å². The Bertz CT molecular complexity index is 680. The topological polar surface area (TPSA) is 82.5 Å². The Kier molecular flexibility index (Phi) is 5.11. The van der Waals surface area contributed by atoms with Crippen LogP contribution in [0.15, 0.2) is 24.3 Å². The number of amides is 1. The van der Waals surface area contributed by atoms with Gasteiger partial charge in [-0.25, -0.2) is 4.98 Å². The lowest BCUT2D eigenvalue weighted by Gasteiger charge is -2.15. The van der Waals surface area contributed by atoms with Crippen LogP contribution in [0.25, 0.3) is 11.0 Å². The lowest BCUT2D eigenvalue weighted by atomic mass is 10.3. The smallest absolute Gasteiger partial charge is 0.325 e. The first-order valence-corrected chi connectivity index (χ1v) is 6.87. The average molecular weight is 305 g/mol. The standard InChI is InChI=1S/C15H19N3O4/c1-10(16-13(19)9-21-2)15-17-11-6-4-5-7-12(11)18(15)8-14(20)22-3/h4-7,10H,8-9H2,1-3H3,(H,16,19). The van der Waals surface area contributed by atoms with Crippen molar-refractivity contribution in [3.8, 4) is 0 Å². The molecular formula is C15H19N3O4. The molecule has 0 spiro atoms. The maximum absolute atomic E-state index is 11.7. The molecule has 7 nitrogen and oxygen atoms in total. The van der Waals surface area contributed by atoms with E-state index in [0.717, 1.165) is 11.0 Å². The van der Waals surface area contributed by atoms with Gasteiger partial charge in [0, 0.05) is 7.11 Å². The second-order valence-electron chi connectivity index (χ2n) is 4.84. The Hall–Kier alpha value is -2.41. The van der Waals surface area contributed by atoms with Crippen LogP contribution in [-0.2, 0) is 25.6 Å². The minimum atomic E-state index is -0.375. The van der Waals surface area contributed by atoms with E-state index in [1.54, 1.807) is 4.57 Å². The van der Waals surface area contributed by atoms with Crippen LogP contribution in [0.2, 0.25) is 0 Å². The molecule has 1 aromatic heterocycles. The first-order valence-electron chi connectivity index (χ1n) is 6.87. The number of methoxy groups -OCH3 is 2. The van der Waals surface area contributed by atoms with Gasteiger partial charge in [-0.3, -0.25) is 9.59 Å². The number of rotatable bonds is 6. The fraction of sp³-hybridized carbons (Fsp3) is 0.400. The zero-order valence-electron chi connectivity index (χ0n) is 12.8. The number of nitrogens with zero attached hydrogens (tertiary/aromatic N) is 2. The van der Waals surface area contributed by atoms with Gasteiger partial charge in [-0.05, 0) is 19.1 Å². The number of hydrogen-bond donors (Lipinski definition) is 1. The Balaban J connectivity index is 2.36. The van der Waals surface area contributed by atoms with Crippen molar-refractivity contribution in [3.63, 3.8) is 0 Å². The molecule has 0 saturated heterocycles. The van der Waals surface area contributed by atoms with Crippen molar-refractivity contribution in [1.29, 1.82) is 0 Å². The summed E-state index contributed by atoms with van der Waals surface area (Å²) in [6.45, 7) is 1.82. The number of fused-ring (bicyclic) bond motifs is 1. The average Bonchev–Trinajstić information content (AvgIpc) is 2.86. The SMILES string of the molecule is COCC(=O)NC(C)c1nc2ccccc2n1CC(=O)OC. The molecule has 1 aromatic carbocycles. The van der Waals surface area contributed by atoms with E-state index in [-0.39, 0.29) is 31.1 Å². The van der Waals surface area contributed by atoms with Crippen molar-refractivity contribution in [2.75, 3.05) is 20.8 Å². The van der Waals surface area contributed by atoms with Crippen molar-refractivity contribution in [2.45, 2.75) is 19.5 Å². The predicted molar refractivity (Wildman–Crippen MR) is 80.2 cm³/mol. The molecule has 22 heavy (non-hydrogen) atoms. The fourth-order valence-corrected chi connectivity index (χ4v) is 2.26. The monoisotopic (exact) mass is 305 g/mol. The molecular weight excluding hydrogens is 286 g/mol. The summed E-state index contributed by atoms with van der Waals surface area (Å²) in [5, 5.41) is 2.79. The second-order valence-corrected chi connectivity index (χ2v) is 4.84. The van der Waals surface area contributed by atoms with Crippen molar-refractivity contribution < 1.29 is 19.1 Å². The maximum Gasteiger partial charge on any atom is 0.325 e. The number of nitrogens with one attached hydrogen (secondary N) is 1. The molecule has 1 amide bonds. The van der Waals surface area contributed by atoms with E-state index in [2.05, 4.69) is 10.3 Å². The van der Waals surface area contributed by atoms with Gasteiger partial charge in [0.2, 0.25) is 5.91 Å². The highest BCUT2D eigenvalue weighted by Gasteiger charge is 2.19. The number of aromatic nitrogens is 2. The third kappa shape index (κ3) is 3.43. The molecule has 0 radical (unpaired) electrons. The lowest BCUT2D eigenvalue weighted by molar-refractivity contribution is -0.141. The predicted octanol–water partition coefficient (Wildman–Crippen LogP) is 1.03. The van der Waals surface area contributed by atoms with Gasteiger partial charge in [0.05, 0.1) is 24.2 Å². The summed E-state index contributed by atoms with van der Waals surface area (Å²) in [7, 11) is 2.79. The van der Waals surface area contributed by atoms with E-state index in [1.807, 2.05) is 31.2 Å². The van der Waals surface area contributed by atoms with E-state index < -0.39 is 0 Å². The van der Waals surface area contributed by atoms with E-state index in [9.17, 15) is 9.59 Å². The molecule has 2 aromatic rings. The summed E-state index contributed by atoms with van der Waals surface area (Å²) in [5.74, 6) is -0.0254. The summed E-state index contributed by atoms with van der Waals surface area (Å²) in [6.07, 6.45) is 0. The zero-order chi connectivity index (χ0) is 16.1. The summed E-state index contributed by atoms with van der Waals surface area (Å²) in [5.41, 5.74) is 1.57. The number of hydrogen-bond acceptors (Lipinski definition) is 5. The van der Waals surface area contributed by atoms with Crippen molar-refractivity contribution in [3.05, 3.63) is 30.1 Å². The molecule has 0 saturated carbocycles. The van der Waals surface area contributed by atoms with E-state index >= 15 is 0 Å². The van der Waals surface area contributed by atoms with Crippen LogP contribution in [0.1, 0.15) is 18.8 Å². The van der Waals surface area contributed by atoms with Gasteiger partial charge < -0.3 is 19.4 Å². The highest BCUT2D eigenvalue weighted by molar-refractivity contribution is 5.80. The third-order valence-corrected chi connectivity index (χ3v) is 3.24. The van der Waals surface area contributed by atoms with Gasteiger partial charge in [0.15, 0.2) is 0 Å². The first-order chi connectivity index (χ1) is 10.6. The molecule has 0 aliphatic carbocycles. The Morgan fingerprint density at radius 3 is 2.73 bits per heavy atom. The number of benzene rings is 1. The lowest BCUT2D eigenvalue weighted by Crippen LogP contribution is -2.31. The van der Waals surface area contributed by atoms with Crippen LogP contribution < -0.4 is 5.32 Å². The van der Waals surface area contributed by atoms with Crippen LogP contribution in [0.5, 0.6) is 0 Å². The molecule has 7 heteroatoms. The maximum atomic E-state index is 11.7. The van der Waals surface area contributed by atoms with Gasteiger partial charge in [0.1, 0.15) is 19.0 Å². The number of carbonyl (C=O) groups is 2. The highest BCUT2D eigenvalue weighted by atomic mass is 16.5. The third-order valence-electron chi connectivity index (χ3n) is 3.24.